The Hall–Kier alpha value is -2.55. The average molecular weight is 426 g/mol. The van der Waals surface area contributed by atoms with Crippen LogP contribution in [0.2, 0.25) is 0 Å². The number of nitrogens with zero attached hydrogens (tertiary/aromatic N) is 4. The summed E-state index contributed by atoms with van der Waals surface area (Å²) in [6.07, 6.45) is 3.50. The third-order valence-electron chi connectivity index (χ3n) is 5.32. The van der Waals surface area contributed by atoms with Gasteiger partial charge in [0.2, 0.25) is 10.0 Å². The van der Waals surface area contributed by atoms with E-state index in [0.717, 1.165) is 48.5 Å². The molecule has 0 bridgehead atoms. The molecule has 0 spiro atoms. The van der Waals surface area contributed by atoms with E-state index < -0.39 is 10.0 Å². The molecular formula is C22H27N5O2S. The van der Waals surface area contributed by atoms with Gasteiger partial charge in [0.1, 0.15) is 5.82 Å². The summed E-state index contributed by atoms with van der Waals surface area (Å²) in [5.74, 6) is 0.925. The molecule has 0 radical (unpaired) electrons. The van der Waals surface area contributed by atoms with Crippen molar-refractivity contribution in [1.29, 1.82) is 0 Å². The normalized spacial score (nSPS) is 16.6. The van der Waals surface area contributed by atoms with Crippen LogP contribution in [0.3, 0.4) is 0 Å². The molecule has 7 nitrogen and oxygen atoms in total. The lowest BCUT2D eigenvalue weighted by Gasteiger charge is -2.36. The van der Waals surface area contributed by atoms with Crippen LogP contribution in [0.5, 0.6) is 0 Å². The molecule has 1 atom stereocenters. The van der Waals surface area contributed by atoms with Gasteiger partial charge in [-0.3, -0.25) is 9.88 Å². The van der Waals surface area contributed by atoms with Crippen LogP contribution in [0.4, 0.5) is 5.82 Å². The first kappa shape index (κ1) is 20.7. The van der Waals surface area contributed by atoms with Crippen LogP contribution in [0.1, 0.15) is 12.5 Å². The summed E-state index contributed by atoms with van der Waals surface area (Å²) >= 11 is 0. The summed E-state index contributed by atoms with van der Waals surface area (Å²) in [4.78, 5) is 13.3. The number of hydrogen-bond donors (Lipinski definition) is 1. The Labute approximate surface area is 177 Å². The number of hydrogen-bond acceptors (Lipinski definition) is 6. The van der Waals surface area contributed by atoms with Crippen LogP contribution >= 0.6 is 0 Å². The first-order chi connectivity index (χ1) is 14.5. The molecule has 3 aromatic rings. The summed E-state index contributed by atoms with van der Waals surface area (Å²) in [6.45, 7) is 6.15. The lowest BCUT2D eigenvalue weighted by molar-refractivity contribution is 0.241. The van der Waals surface area contributed by atoms with E-state index in [1.807, 2.05) is 61.7 Å². The molecule has 0 saturated carbocycles. The Balaban J connectivity index is 1.32. The number of pyridine rings is 2. The quantitative estimate of drug-likeness (QED) is 0.626. The highest BCUT2D eigenvalue weighted by Crippen LogP contribution is 2.18. The van der Waals surface area contributed by atoms with Crippen LogP contribution in [-0.2, 0) is 15.8 Å². The topological polar surface area (TPSA) is 78.4 Å². The average Bonchev–Trinajstić information content (AvgIpc) is 2.74. The Morgan fingerprint density at radius 3 is 2.50 bits per heavy atom. The molecule has 0 amide bonds. The molecule has 1 aromatic carbocycles. The van der Waals surface area contributed by atoms with Gasteiger partial charge in [0, 0.05) is 56.5 Å². The number of piperazine rings is 1. The Morgan fingerprint density at radius 2 is 1.73 bits per heavy atom. The third kappa shape index (κ3) is 5.13. The maximum atomic E-state index is 12.8. The molecule has 158 valence electrons. The van der Waals surface area contributed by atoms with Crippen molar-refractivity contribution in [1.82, 2.24) is 19.6 Å². The second kappa shape index (κ2) is 9.07. The number of benzene rings is 1. The third-order valence-corrected chi connectivity index (χ3v) is 6.77. The van der Waals surface area contributed by atoms with Crippen molar-refractivity contribution in [2.75, 3.05) is 37.6 Å². The van der Waals surface area contributed by atoms with Crippen molar-refractivity contribution >= 4 is 26.7 Å². The van der Waals surface area contributed by atoms with Crippen LogP contribution < -0.4 is 9.62 Å². The highest BCUT2D eigenvalue weighted by molar-refractivity contribution is 7.88. The Kier molecular flexibility index (Phi) is 6.26. The molecule has 1 fully saturated rings. The number of para-hydroxylation sites is 1. The second-order valence-electron chi connectivity index (χ2n) is 7.75. The maximum Gasteiger partial charge on any atom is 0.216 e. The smallest absolute Gasteiger partial charge is 0.216 e. The fourth-order valence-corrected chi connectivity index (χ4v) is 5.38. The molecule has 4 rings (SSSR count). The van der Waals surface area contributed by atoms with Gasteiger partial charge in [-0.1, -0.05) is 30.3 Å². The van der Waals surface area contributed by atoms with Gasteiger partial charge in [-0.2, -0.15) is 0 Å². The van der Waals surface area contributed by atoms with E-state index in [4.69, 9.17) is 0 Å². The SMILES string of the molecule is CC(CN1CCN(c2ccccn2)CC1)NS(=O)(=O)Cc1cccc2cccnc12. The molecule has 1 N–H and O–H groups in total. The Morgan fingerprint density at radius 1 is 0.967 bits per heavy atom. The highest BCUT2D eigenvalue weighted by atomic mass is 32.2. The van der Waals surface area contributed by atoms with E-state index in [1.54, 1.807) is 6.20 Å². The Bertz CT molecular complexity index is 1080. The molecule has 1 aliphatic heterocycles. The number of rotatable bonds is 7. The van der Waals surface area contributed by atoms with Crippen LogP contribution in [0.25, 0.3) is 10.9 Å². The summed E-state index contributed by atoms with van der Waals surface area (Å²) in [6, 6.07) is 15.2. The minimum atomic E-state index is -3.47. The molecule has 30 heavy (non-hydrogen) atoms. The fraction of sp³-hybridized carbons (Fsp3) is 0.364. The highest BCUT2D eigenvalue weighted by Gasteiger charge is 2.22. The summed E-state index contributed by atoms with van der Waals surface area (Å²) in [5, 5.41) is 0.948. The predicted molar refractivity (Wildman–Crippen MR) is 120 cm³/mol. The van der Waals surface area contributed by atoms with Crippen LogP contribution in [0.15, 0.2) is 60.9 Å². The van der Waals surface area contributed by atoms with Crippen LogP contribution in [0, 0.1) is 0 Å². The van der Waals surface area contributed by atoms with Crippen molar-refractivity contribution in [3.8, 4) is 0 Å². The van der Waals surface area contributed by atoms with Crippen molar-refractivity contribution in [2.24, 2.45) is 0 Å². The fourth-order valence-electron chi connectivity index (χ4n) is 3.96. The second-order valence-corrected chi connectivity index (χ2v) is 9.50. The van der Waals surface area contributed by atoms with Gasteiger partial charge in [-0.15, -0.1) is 0 Å². The summed E-state index contributed by atoms with van der Waals surface area (Å²) in [7, 11) is -3.47. The van der Waals surface area contributed by atoms with Gasteiger partial charge in [-0.05, 0) is 30.7 Å². The van der Waals surface area contributed by atoms with Gasteiger partial charge in [0.15, 0.2) is 0 Å². The predicted octanol–water partition coefficient (Wildman–Crippen LogP) is 2.26. The lowest BCUT2D eigenvalue weighted by Crippen LogP contribution is -2.51. The minimum Gasteiger partial charge on any atom is -0.354 e. The summed E-state index contributed by atoms with van der Waals surface area (Å²) in [5.41, 5.74) is 1.46. The standard InChI is InChI=1S/C22H27N5O2S/c1-18(16-26-12-14-27(15-13-26)21-9-2-3-10-23-21)25-30(28,29)17-20-7-4-6-19-8-5-11-24-22(19)20/h2-11,18,25H,12-17H2,1H3. The van der Waals surface area contributed by atoms with Crippen molar-refractivity contribution < 1.29 is 8.42 Å². The number of fused-ring (bicyclic) bond motifs is 1. The number of aromatic nitrogens is 2. The molecule has 0 aliphatic carbocycles. The first-order valence-corrected chi connectivity index (χ1v) is 11.9. The zero-order valence-electron chi connectivity index (χ0n) is 17.1. The van der Waals surface area contributed by atoms with E-state index in [-0.39, 0.29) is 11.8 Å². The molecule has 8 heteroatoms. The van der Waals surface area contributed by atoms with E-state index in [0.29, 0.717) is 6.54 Å². The van der Waals surface area contributed by atoms with E-state index in [9.17, 15) is 8.42 Å². The van der Waals surface area contributed by atoms with Crippen LogP contribution in [-0.4, -0.2) is 62.1 Å². The largest absolute Gasteiger partial charge is 0.354 e. The lowest BCUT2D eigenvalue weighted by atomic mass is 10.1. The van der Waals surface area contributed by atoms with Crippen molar-refractivity contribution in [3.05, 3.63) is 66.5 Å². The molecule has 3 heterocycles. The molecular weight excluding hydrogens is 398 g/mol. The molecule has 1 unspecified atom stereocenters. The van der Waals surface area contributed by atoms with Gasteiger partial charge in [-0.25, -0.2) is 18.1 Å². The maximum absolute atomic E-state index is 12.8. The zero-order valence-corrected chi connectivity index (χ0v) is 17.9. The number of anilines is 1. The van der Waals surface area contributed by atoms with Crippen molar-refractivity contribution in [3.63, 3.8) is 0 Å². The first-order valence-electron chi connectivity index (χ1n) is 10.2. The zero-order chi connectivity index (χ0) is 21.0. The molecule has 2 aromatic heterocycles. The van der Waals surface area contributed by atoms with E-state index in [1.165, 1.54) is 0 Å². The van der Waals surface area contributed by atoms with Gasteiger partial charge >= 0.3 is 0 Å². The molecule has 1 saturated heterocycles. The van der Waals surface area contributed by atoms with Gasteiger partial charge < -0.3 is 4.90 Å². The number of sulfonamides is 1. The van der Waals surface area contributed by atoms with E-state index >= 15 is 0 Å². The molecule has 1 aliphatic rings. The minimum absolute atomic E-state index is 0.0703. The number of nitrogens with one attached hydrogen (secondary N) is 1. The van der Waals surface area contributed by atoms with Gasteiger partial charge in [0.05, 0.1) is 11.3 Å². The summed E-state index contributed by atoms with van der Waals surface area (Å²) < 4.78 is 28.4. The van der Waals surface area contributed by atoms with Crippen molar-refractivity contribution in [2.45, 2.75) is 18.7 Å². The van der Waals surface area contributed by atoms with Gasteiger partial charge in [0.25, 0.3) is 0 Å². The van der Waals surface area contributed by atoms with E-state index in [2.05, 4.69) is 24.5 Å². The monoisotopic (exact) mass is 425 g/mol.